The van der Waals surface area contributed by atoms with E-state index in [1.165, 1.54) is 24.1 Å². The summed E-state index contributed by atoms with van der Waals surface area (Å²) in [6.45, 7) is 0.366. The number of para-hydroxylation sites is 1. The van der Waals surface area contributed by atoms with Crippen molar-refractivity contribution >= 4 is 17.7 Å². The average Bonchev–Trinajstić information content (AvgIpc) is 2.37. The van der Waals surface area contributed by atoms with Crippen molar-refractivity contribution in [3.05, 3.63) is 30.1 Å². The monoisotopic (exact) mass is 268 g/mol. The van der Waals surface area contributed by atoms with E-state index in [1.807, 2.05) is 0 Å². The number of nitrogens with zero attached hydrogens (tertiary/aromatic N) is 1. The van der Waals surface area contributed by atoms with Crippen LogP contribution >= 0.6 is 0 Å². The molecule has 6 heteroatoms. The first-order chi connectivity index (χ1) is 9.02. The summed E-state index contributed by atoms with van der Waals surface area (Å²) < 4.78 is 13.4. The third kappa shape index (κ3) is 4.95. The van der Waals surface area contributed by atoms with Gasteiger partial charge in [0.2, 0.25) is 0 Å². The largest absolute Gasteiger partial charge is 0.481 e. The topological polar surface area (TPSA) is 69.6 Å². The SMILES string of the molecule is CN(C(=O)NCCCCC(=O)O)c1ccccc1F. The Morgan fingerprint density at radius 3 is 2.63 bits per heavy atom. The fourth-order valence-electron chi connectivity index (χ4n) is 1.55. The molecule has 0 aliphatic rings. The predicted octanol–water partition coefficient (Wildman–Crippen LogP) is 2.23. The van der Waals surface area contributed by atoms with Gasteiger partial charge in [-0.2, -0.15) is 0 Å². The fourth-order valence-corrected chi connectivity index (χ4v) is 1.55. The normalized spacial score (nSPS) is 10.0. The molecule has 0 bridgehead atoms. The number of rotatable bonds is 6. The molecule has 0 radical (unpaired) electrons. The Balaban J connectivity index is 2.37. The summed E-state index contributed by atoms with van der Waals surface area (Å²) in [4.78, 5) is 23.2. The Kier molecular flexibility index (Phi) is 5.78. The molecular weight excluding hydrogens is 251 g/mol. The maximum Gasteiger partial charge on any atom is 0.321 e. The molecule has 19 heavy (non-hydrogen) atoms. The number of nitrogens with one attached hydrogen (secondary N) is 1. The van der Waals surface area contributed by atoms with Crippen LogP contribution in [0.2, 0.25) is 0 Å². The van der Waals surface area contributed by atoms with E-state index in [4.69, 9.17) is 5.11 Å². The number of carboxylic acids is 1. The summed E-state index contributed by atoms with van der Waals surface area (Å²) in [5, 5.41) is 11.1. The zero-order valence-electron chi connectivity index (χ0n) is 10.7. The summed E-state index contributed by atoms with van der Waals surface area (Å²) in [7, 11) is 1.48. The molecule has 0 unspecified atom stereocenters. The number of carbonyl (C=O) groups excluding carboxylic acids is 1. The van der Waals surface area contributed by atoms with E-state index in [9.17, 15) is 14.0 Å². The van der Waals surface area contributed by atoms with E-state index in [1.54, 1.807) is 12.1 Å². The molecule has 0 saturated heterocycles. The molecule has 1 aromatic rings. The molecule has 0 heterocycles. The maximum atomic E-state index is 13.4. The van der Waals surface area contributed by atoms with Crippen LogP contribution in [-0.2, 0) is 4.79 Å². The zero-order valence-corrected chi connectivity index (χ0v) is 10.7. The molecule has 2 N–H and O–H groups in total. The number of anilines is 1. The van der Waals surface area contributed by atoms with Crippen LogP contribution in [0.15, 0.2) is 24.3 Å². The van der Waals surface area contributed by atoms with Gasteiger partial charge in [-0.25, -0.2) is 9.18 Å². The highest BCUT2D eigenvalue weighted by Crippen LogP contribution is 2.16. The van der Waals surface area contributed by atoms with Gasteiger partial charge >= 0.3 is 12.0 Å². The smallest absolute Gasteiger partial charge is 0.321 e. The van der Waals surface area contributed by atoms with E-state index in [2.05, 4.69) is 5.32 Å². The average molecular weight is 268 g/mol. The lowest BCUT2D eigenvalue weighted by Gasteiger charge is -2.18. The molecule has 0 spiro atoms. The number of unbranched alkanes of at least 4 members (excludes halogenated alkanes) is 1. The van der Waals surface area contributed by atoms with Gasteiger partial charge < -0.3 is 10.4 Å². The second kappa shape index (κ2) is 7.35. The van der Waals surface area contributed by atoms with Crippen molar-refractivity contribution in [3.8, 4) is 0 Å². The van der Waals surface area contributed by atoms with Crippen LogP contribution in [0.1, 0.15) is 19.3 Å². The molecule has 2 amide bonds. The Hall–Kier alpha value is -2.11. The number of hydrogen-bond acceptors (Lipinski definition) is 2. The number of urea groups is 1. The minimum absolute atomic E-state index is 0.0824. The molecule has 0 aliphatic heterocycles. The van der Waals surface area contributed by atoms with Crippen molar-refractivity contribution in [3.63, 3.8) is 0 Å². The number of carbonyl (C=O) groups is 2. The maximum absolute atomic E-state index is 13.4. The number of halogens is 1. The number of hydrogen-bond donors (Lipinski definition) is 2. The van der Waals surface area contributed by atoms with E-state index < -0.39 is 17.8 Å². The van der Waals surface area contributed by atoms with Crippen molar-refractivity contribution in [2.75, 3.05) is 18.5 Å². The molecule has 0 aromatic heterocycles. The lowest BCUT2D eigenvalue weighted by Crippen LogP contribution is -2.38. The van der Waals surface area contributed by atoms with Crippen molar-refractivity contribution in [2.45, 2.75) is 19.3 Å². The van der Waals surface area contributed by atoms with Crippen molar-refractivity contribution < 1.29 is 19.1 Å². The van der Waals surface area contributed by atoms with Gasteiger partial charge in [0.15, 0.2) is 0 Å². The molecule has 5 nitrogen and oxygen atoms in total. The van der Waals surface area contributed by atoms with Crippen LogP contribution in [-0.4, -0.2) is 30.7 Å². The third-order valence-corrected chi connectivity index (χ3v) is 2.61. The highest BCUT2D eigenvalue weighted by atomic mass is 19.1. The summed E-state index contributed by atoms with van der Waals surface area (Å²) in [6.07, 6.45) is 1.15. The molecule has 1 rings (SSSR count). The molecular formula is C13H17FN2O3. The van der Waals surface area contributed by atoms with Crippen LogP contribution < -0.4 is 10.2 Å². The van der Waals surface area contributed by atoms with Gasteiger partial charge in [-0.3, -0.25) is 9.69 Å². The number of benzene rings is 1. The first-order valence-corrected chi connectivity index (χ1v) is 6.00. The number of amides is 2. The quantitative estimate of drug-likeness (QED) is 0.777. The standard InChI is InChI=1S/C13H17FN2O3/c1-16(11-7-3-2-6-10(11)14)13(19)15-9-5-4-8-12(17)18/h2-3,6-7H,4-5,8-9H2,1H3,(H,15,19)(H,17,18). The van der Waals surface area contributed by atoms with E-state index in [0.29, 0.717) is 19.4 Å². The summed E-state index contributed by atoms with van der Waals surface area (Å²) in [5.74, 6) is -1.32. The summed E-state index contributed by atoms with van der Waals surface area (Å²) >= 11 is 0. The molecule has 0 aliphatic carbocycles. The molecule has 0 atom stereocenters. The predicted molar refractivity (Wildman–Crippen MR) is 69.7 cm³/mol. The number of carboxylic acid groups (broad SMARTS) is 1. The Morgan fingerprint density at radius 2 is 2.00 bits per heavy atom. The van der Waals surface area contributed by atoms with Gasteiger partial charge in [-0.05, 0) is 25.0 Å². The van der Waals surface area contributed by atoms with Gasteiger partial charge in [0, 0.05) is 20.0 Å². The van der Waals surface area contributed by atoms with Crippen LogP contribution in [0.3, 0.4) is 0 Å². The Morgan fingerprint density at radius 1 is 1.32 bits per heavy atom. The van der Waals surface area contributed by atoms with Gasteiger partial charge in [-0.1, -0.05) is 12.1 Å². The van der Waals surface area contributed by atoms with Gasteiger partial charge in [0.25, 0.3) is 0 Å². The molecule has 0 fully saturated rings. The molecule has 0 saturated carbocycles. The second-order valence-electron chi connectivity index (χ2n) is 4.09. The minimum Gasteiger partial charge on any atom is -0.481 e. The summed E-state index contributed by atoms with van der Waals surface area (Å²) in [6, 6.07) is 5.58. The van der Waals surface area contributed by atoms with Gasteiger partial charge in [-0.15, -0.1) is 0 Å². The molecule has 104 valence electrons. The molecule has 1 aromatic carbocycles. The summed E-state index contributed by atoms with van der Waals surface area (Å²) in [5.41, 5.74) is 0.200. The van der Waals surface area contributed by atoms with Gasteiger partial charge in [0.05, 0.1) is 5.69 Å². The fraction of sp³-hybridized carbons (Fsp3) is 0.385. The highest BCUT2D eigenvalue weighted by Gasteiger charge is 2.13. The lowest BCUT2D eigenvalue weighted by molar-refractivity contribution is -0.137. The van der Waals surface area contributed by atoms with E-state index >= 15 is 0 Å². The Labute approximate surface area is 111 Å². The van der Waals surface area contributed by atoms with Crippen molar-refractivity contribution in [1.82, 2.24) is 5.32 Å². The van der Waals surface area contributed by atoms with Crippen molar-refractivity contribution in [1.29, 1.82) is 0 Å². The van der Waals surface area contributed by atoms with Crippen LogP contribution in [0, 0.1) is 5.82 Å². The first-order valence-electron chi connectivity index (χ1n) is 6.00. The Bertz CT molecular complexity index is 451. The van der Waals surface area contributed by atoms with E-state index in [-0.39, 0.29) is 12.1 Å². The first kappa shape index (κ1) is 14.9. The van der Waals surface area contributed by atoms with Crippen LogP contribution in [0.4, 0.5) is 14.9 Å². The third-order valence-electron chi connectivity index (χ3n) is 2.61. The highest BCUT2D eigenvalue weighted by molar-refractivity contribution is 5.91. The van der Waals surface area contributed by atoms with Crippen LogP contribution in [0.5, 0.6) is 0 Å². The zero-order chi connectivity index (χ0) is 14.3. The second-order valence-corrected chi connectivity index (χ2v) is 4.09. The van der Waals surface area contributed by atoms with Crippen molar-refractivity contribution in [2.24, 2.45) is 0 Å². The van der Waals surface area contributed by atoms with Gasteiger partial charge in [0.1, 0.15) is 5.82 Å². The minimum atomic E-state index is -0.852. The van der Waals surface area contributed by atoms with E-state index in [0.717, 1.165) is 0 Å². The number of aliphatic carboxylic acids is 1. The van der Waals surface area contributed by atoms with Crippen LogP contribution in [0.25, 0.3) is 0 Å². The lowest BCUT2D eigenvalue weighted by atomic mass is 10.2.